The molecular weight excluding hydrogens is 244 g/mol. The smallest absolute Gasteiger partial charge is 0.0344 e. The molecule has 0 unspecified atom stereocenters. The molecule has 20 heavy (non-hydrogen) atoms. The molecule has 0 aromatic rings. The van der Waals surface area contributed by atoms with Gasteiger partial charge in [0, 0.05) is 18.1 Å². The first-order chi connectivity index (χ1) is 9.24. The number of likely N-dealkylation sites (N-methyl/N-ethyl adjacent to an activating group) is 1. The summed E-state index contributed by atoms with van der Waals surface area (Å²) in [5.74, 6) is 0. The first kappa shape index (κ1) is 16.3. The number of hydrogen-bond acceptors (Lipinski definition) is 2. The number of rotatable bonds is 4. The van der Waals surface area contributed by atoms with E-state index in [-0.39, 0.29) is 5.54 Å². The van der Waals surface area contributed by atoms with Crippen LogP contribution >= 0.6 is 0 Å². The van der Waals surface area contributed by atoms with Crippen LogP contribution in [0.15, 0.2) is 0 Å². The third-order valence-electron chi connectivity index (χ3n) is 5.67. The maximum atomic E-state index is 6.38. The fourth-order valence-corrected chi connectivity index (χ4v) is 5.93. The van der Waals surface area contributed by atoms with Crippen molar-refractivity contribution in [3.05, 3.63) is 0 Å². The van der Waals surface area contributed by atoms with E-state index in [0.29, 0.717) is 10.8 Å². The lowest BCUT2D eigenvalue weighted by molar-refractivity contribution is -0.0596. The zero-order valence-electron chi connectivity index (χ0n) is 14.5. The summed E-state index contributed by atoms with van der Waals surface area (Å²) in [6, 6.07) is 0.785. The Morgan fingerprint density at radius 1 is 0.950 bits per heavy atom. The molecule has 0 aliphatic heterocycles. The van der Waals surface area contributed by atoms with Gasteiger partial charge in [0.25, 0.3) is 0 Å². The highest BCUT2D eigenvalue weighted by Crippen LogP contribution is 2.52. The molecule has 0 saturated heterocycles. The molecular formula is C18H36N2. The highest BCUT2D eigenvalue weighted by molar-refractivity contribution is 5.06. The Morgan fingerprint density at radius 2 is 1.45 bits per heavy atom. The van der Waals surface area contributed by atoms with Crippen molar-refractivity contribution in [2.45, 2.75) is 91.1 Å². The van der Waals surface area contributed by atoms with Crippen LogP contribution in [0.1, 0.15) is 79.6 Å². The van der Waals surface area contributed by atoms with Crippen molar-refractivity contribution in [1.29, 1.82) is 0 Å². The molecule has 2 aliphatic rings. The molecule has 0 spiro atoms. The molecule has 2 rings (SSSR count). The van der Waals surface area contributed by atoms with Gasteiger partial charge in [-0.05, 0) is 49.5 Å². The van der Waals surface area contributed by atoms with Gasteiger partial charge in [0.2, 0.25) is 0 Å². The predicted octanol–water partition coefficient (Wildman–Crippen LogP) is 4.18. The van der Waals surface area contributed by atoms with Gasteiger partial charge in [-0.1, -0.05) is 47.5 Å². The molecule has 2 N–H and O–H groups in total. The summed E-state index contributed by atoms with van der Waals surface area (Å²) < 4.78 is 0. The molecule has 0 atom stereocenters. The van der Waals surface area contributed by atoms with Crippen LogP contribution < -0.4 is 5.73 Å². The molecule has 2 heteroatoms. The number of hydrogen-bond donors (Lipinski definition) is 1. The first-order valence-corrected chi connectivity index (χ1v) is 8.70. The number of nitrogens with two attached hydrogens (primary N) is 1. The highest BCUT2D eigenvalue weighted by Gasteiger charge is 2.50. The predicted molar refractivity (Wildman–Crippen MR) is 87.8 cm³/mol. The topological polar surface area (TPSA) is 29.3 Å². The molecule has 2 saturated carbocycles. The maximum Gasteiger partial charge on any atom is 0.0344 e. The van der Waals surface area contributed by atoms with E-state index in [0.717, 1.165) is 19.1 Å². The summed E-state index contributed by atoms with van der Waals surface area (Å²) >= 11 is 0. The minimum Gasteiger partial charge on any atom is -0.329 e. The van der Waals surface area contributed by atoms with Crippen LogP contribution in [0.3, 0.4) is 0 Å². The summed E-state index contributed by atoms with van der Waals surface area (Å²) in [5, 5.41) is 0. The largest absolute Gasteiger partial charge is 0.329 e. The fraction of sp³-hybridized carbons (Fsp3) is 1.00. The Balaban J connectivity index is 2.30. The highest BCUT2D eigenvalue weighted by atomic mass is 15.2. The van der Waals surface area contributed by atoms with Gasteiger partial charge < -0.3 is 5.73 Å². The Morgan fingerprint density at radius 3 is 1.85 bits per heavy atom. The molecule has 0 aromatic heterocycles. The lowest BCUT2D eigenvalue weighted by Crippen LogP contribution is -2.63. The second-order valence-electron chi connectivity index (χ2n) is 9.01. The van der Waals surface area contributed by atoms with E-state index in [9.17, 15) is 0 Å². The van der Waals surface area contributed by atoms with Crippen LogP contribution in [-0.4, -0.2) is 29.6 Å². The molecule has 0 amide bonds. The second-order valence-corrected chi connectivity index (χ2v) is 9.01. The average Bonchev–Trinajstić information content (AvgIpc) is 2.79. The van der Waals surface area contributed by atoms with Crippen molar-refractivity contribution in [2.24, 2.45) is 16.6 Å². The van der Waals surface area contributed by atoms with Crippen LogP contribution in [0.25, 0.3) is 0 Å². The van der Waals surface area contributed by atoms with Gasteiger partial charge in [0.1, 0.15) is 0 Å². The second kappa shape index (κ2) is 5.61. The average molecular weight is 280 g/mol. The first-order valence-electron chi connectivity index (χ1n) is 8.70. The number of nitrogens with zero attached hydrogens (tertiary/aromatic N) is 1. The van der Waals surface area contributed by atoms with E-state index < -0.39 is 0 Å². The quantitative estimate of drug-likeness (QED) is 0.837. The summed E-state index contributed by atoms with van der Waals surface area (Å²) in [6.45, 7) is 14.1. The van der Waals surface area contributed by atoms with E-state index in [1.165, 1.54) is 44.9 Å². The van der Waals surface area contributed by atoms with Crippen molar-refractivity contribution in [3.63, 3.8) is 0 Å². The molecule has 2 aliphatic carbocycles. The van der Waals surface area contributed by atoms with E-state index in [4.69, 9.17) is 5.73 Å². The van der Waals surface area contributed by atoms with Gasteiger partial charge in [-0.3, -0.25) is 4.90 Å². The van der Waals surface area contributed by atoms with Crippen molar-refractivity contribution in [3.8, 4) is 0 Å². The monoisotopic (exact) mass is 280 g/mol. The zero-order chi connectivity index (χ0) is 15.0. The van der Waals surface area contributed by atoms with E-state index in [2.05, 4.69) is 39.5 Å². The summed E-state index contributed by atoms with van der Waals surface area (Å²) in [7, 11) is 0. The SMILES string of the molecule is CCN(C1CCCC1)C1(CN)CC(C)(C)CC(C)(C)C1. The molecule has 0 radical (unpaired) electrons. The Labute approximate surface area is 126 Å². The minimum absolute atomic E-state index is 0.231. The third kappa shape index (κ3) is 3.22. The Bertz CT molecular complexity index is 310. The van der Waals surface area contributed by atoms with Gasteiger partial charge >= 0.3 is 0 Å². The Hall–Kier alpha value is -0.0800. The van der Waals surface area contributed by atoms with Gasteiger partial charge in [-0.15, -0.1) is 0 Å². The standard InChI is InChI=1S/C18H36N2/c1-6-20(15-9-7-8-10-15)18(14-19)12-16(2,3)11-17(4,5)13-18/h15H,6-14,19H2,1-5H3. The van der Waals surface area contributed by atoms with Crippen molar-refractivity contribution in [2.75, 3.05) is 13.1 Å². The maximum absolute atomic E-state index is 6.38. The Kier molecular flexibility index (Phi) is 4.57. The van der Waals surface area contributed by atoms with E-state index in [1.807, 2.05) is 0 Å². The lowest BCUT2D eigenvalue weighted by atomic mass is 9.57. The van der Waals surface area contributed by atoms with Crippen LogP contribution in [0.4, 0.5) is 0 Å². The lowest BCUT2D eigenvalue weighted by Gasteiger charge is -2.57. The van der Waals surface area contributed by atoms with Crippen LogP contribution in [-0.2, 0) is 0 Å². The molecule has 0 bridgehead atoms. The van der Waals surface area contributed by atoms with Gasteiger partial charge in [-0.2, -0.15) is 0 Å². The van der Waals surface area contributed by atoms with E-state index in [1.54, 1.807) is 0 Å². The molecule has 0 heterocycles. The van der Waals surface area contributed by atoms with Gasteiger partial charge in [-0.25, -0.2) is 0 Å². The minimum atomic E-state index is 0.231. The van der Waals surface area contributed by atoms with Crippen molar-refractivity contribution < 1.29 is 0 Å². The van der Waals surface area contributed by atoms with Crippen LogP contribution in [0.2, 0.25) is 0 Å². The zero-order valence-corrected chi connectivity index (χ0v) is 14.5. The summed E-state index contributed by atoms with van der Waals surface area (Å²) in [6.07, 6.45) is 9.45. The molecule has 2 nitrogen and oxygen atoms in total. The van der Waals surface area contributed by atoms with E-state index >= 15 is 0 Å². The third-order valence-corrected chi connectivity index (χ3v) is 5.67. The molecule has 2 fully saturated rings. The van der Waals surface area contributed by atoms with Gasteiger partial charge in [0.15, 0.2) is 0 Å². The normalized spacial score (nSPS) is 28.9. The van der Waals surface area contributed by atoms with Crippen LogP contribution in [0, 0.1) is 10.8 Å². The molecule has 0 aromatic carbocycles. The summed E-state index contributed by atoms with van der Waals surface area (Å²) in [4.78, 5) is 2.81. The van der Waals surface area contributed by atoms with Crippen molar-refractivity contribution in [1.82, 2.24) is 4.90 Å². The van der Waals surface area contributed by atoms with Gasteiger partial charge in [0.05, 0.1) is 0 Å². The molecule has 118 valence electrons. The van der Waals surface area contributed by atoms with Crippen LogP contribution in [0.5, 0.6) is 0 Å². The van der Waals surface area contributed by atoms with Crippen molar-refractivity contribution >= 4 is 0 Å². The fourth-order valence-electron chi connectivity index (χ4n) is 5.93. The summed E-state index contributed by atoms with van der Waals surface area (Å²) in [5.41, 5.74) is 7.43.